The zero-order chi connectivity index (χ0) is 19.2. The number of pyridine rings is 1. The summed E-state index contributed by atoms with van der Waals surface area (Å²) in [5.74, 6) is 0.980. The SMILES string of the molecule is CC(C)Cn1cnc(S(=O)(=O)NCc2ccncc2OCCN(C)C)c1. The molecule has 2 rings (SSSR count). The Hall–Kier alpha value is -1.97. The van der Waals surface area contributed by atoms with Crippen LogP contribution in [0.5, 0.6) is 5.75 Å². The lowest BCUT2D eigenvalue weighted by Crippen LogP contribution is -2.24. The largest absolute Gasteiger partial charge is 0.490 e. The van der Waals surface area contributed by atoms with Crippen LogP contribution < -0.4 is 9.46 Å². The number of sulfonamides is 1. The van der Waals surface area contributed by atoms with Crippen molar-refractivity contribution in [3.8, 4) is 5.75 Å². The molecule has 2 aromatic heterocycles. The quantitative estimate of drug-likeness (QED) is 0.668. The van der Waals surface area contributed by atoms with Gasteiger partial charge < -0.3 is 14.2 Å². The molecule has 0 spiro atoms. The third kappa shape index (κ3) is 6.08. The Balaban J connectivity index is 2.02. The van der Waals surface area contributed by atoms with E-state index in [1.807, 2.05) is 19.0 Å². The van der Waals surface area contributed by atoms with E-state index in [9.17, 15) is 8.42 Å². The average molecular weight is 382 g/mol. The Labute approximate surface area is 155 Å². The van der Waals surface area contributed by atoms with Crippen LogP contribution >= 0.6 is 0 Å². The lowest BCUT2D eigenvalue weighted by atomic mass is 10.2. The first-order chi connectivity index (χ1) is 12.3. The number of ether oxygens (including phenoxy) is 1. The highest BCUT2D eigenvalue weighted by Gasteiger charge is 2.18. The van der Waals surface area contributed by atoms with Crippen LogP contribution in [0, 0.1) is 5.92 Å². The molecule has 144 valence electrons. The van der Waals surface area contributed by atoms with Crippen LogP contribution in [0.1, 0.15) is 19.4 Å². The first-order valence-electron chi connectivity index (χ1n) is 8.50. The fourth-order valence-electron chi connectivity index (χ4n) is 2.27. The Kier molecular flexibility index (Phi) is 7.13. The lowest BCUT2D eigenvalue weighted by molar-refractivity contribution is 0.258. The second-order valence-electron chi connectivity index (χ2n) is 6.76. The van der Waals surface area contributed by atoms with Gasteiger partial charge >= 0.3 is 0 Å². The van der Waals surface area contributed by atoms with Gasteiger partial charge in [0.05, 0.1) is 12.5 Å². The van der Waals surface area contributed by atoms with E-state index in [2.05, 4.69) is 28.5 Å². The van der Waals surface area contributed by atoms with Gasteiger partial charge in [-0.1, -0.05) is 13.8 Å². The van der Waals surface area contributed by atoms with Crippen LogP contribution in [0.4, 0.5) is 0 Å². The molecule has 26 heavy (non-hydrogen) atoms. The molecule has 0 fully saturated rings. The van der Waals surface area contributed by atoms with E-state index in [0.29, 0.717) is 18.3 Å². The molecule has 2 heterocycles. The molecule has 0 unspecified atom stereocenters. The number of hydrogen-bond acceptors (Lipinski definition) is 6. The molecule has 2 aromatic rings. The number of aromatic nitrogens is 3. The summed E-state index contributed by atoms with van der Waals surface area (Å²) in [6, 6.07) is 1.74. The van der Waals surface area contributed by atoms with Gasteiger partial charge in [-0.05, 0) is 26.1 Å². The smallest absolute Gasteiger partial charge is 0.259 e. The second-order valence-corrected chi connectivity index (χ2v) is 8.48. The minimum absolute atomic E-state index is 0.0160. The molecule has 0 atom stereocenters. The molecule has 1 N–H and O–H groups in total. The molecule has 0 bridgehead atoms. The van der Waals surface area contributed by atoms with Crippen LogP contribution in [0.2, 0.25) is 0 Å². The van der Waals surface area contributed by atoms with Gasteiger partial charge in [0.2, 0.25) is 0 Å². The van der Waals surface area contributed by atoms with Crippen molar-refractivity contribution in [3.63, 3.8) is 0 Å². The van der Waals surface area contributed by atoms with Gasteiger partial charge in [0, 0.05) is 37.6 Å². The highest BCUT2D eigenvalue weighted by atomic mass is 32.2. The number of rotatable bonds is 10. The van der Waals surface area contributed by atoms with Gasteiger partial charge in [-0.3, -0.25) is 4.98 Å². The maximum Gasteiger partial charge on any atom is 0.259 e. The van der Waals surface area contributed by atoms with Crippen LogP contribution in [-0.4, -0.2) is 55.1 Å². The van der Waals surface area contributed by atoms with Gasteiger partial charge in [-0.15, -0.1) is 0 Å². The number of nitrogens with one attached hydrogen (secondary N) is 1. The van der Waals surface area contributed by atoms with Crippen molar-refractivity contribution in [1.82, 2.24) is 24.2 Å². The van der Waals surface area contributed by atoms with Crippen molar-refractivity contribution >= 4 is 10.0 Å². The van der Waals surface area contributed by atoms with Crippen LogP contribution in [-0.2, 0) is 23.1 Å². The second kappa shape index (κ2) is 9.11. The predicted octanol–water partition coefficient (Wildman–Crippen LogP) is 1.35. The summed E-state index contributed by atoms with van der Waals surface area (Å²) in [5, 5.41) is 0.0160. The number of likely N-dealkylation sites (N-methyl/N-ethyl adjacent to an activating group) is 1. The zero-order valence-electron chi connectivity index (χ0n) is 15.7. The summed E-state index contributed by atoms with van der Waals surface area (Å²) >= 11 is 0. The molecule has 0 saturated carbocycles. The highest BCUT2D eigenvalue weighted by molar-refractivity contribution is 7.89. The van der Waals surface area contributed by atoms with Crippen LogP contribution in [0.15, 0.2) is 36.0 Å². The molecule has 9 heteroatoms. The summed E-state index contributed by atoms with van der Waals surface area (Å²) in [5.41, 5.74) is 0.726. The summed E-state index contributed by atoms with van der Waals surface area (Å²) in [6.07, 6.45) is 6.29. The van der Waals surface area contributed by atoms with Crippen LogP contribution in [0.3, 0.4) is 0 Å². The molecule has 0 aromatic carbocycles. The van der Waals surface area contributed by atoms with Gasteiger partial charge in [-0.2, -0.15) is 0 Å². The zero-order valence-corrected chi connectivity index (χ0v) is 16.5. The molecule has 0 aliphatic heterocycles. The summed E-state index contributed by atoms with van der Waals surface area (Å²) in [6.45, 7) is 6.21. The van der Waals surface area contributed by atoms with Crippen molar-refractivity contribution < 1.29 is 13.2 Å². The molecule has 0 amide bonds. The summed E-state index contributed by atoms with van der Waals surface area (Å²) in [4.78, 5) is 10.1. The first-order valence-corrected chi connectivity index (χ1v) is 9.98. The van der Waals surface area contributed by atoms with E-state index < -0.39 is 10.0 Å². The maximum atomic E-state index is 12.5. The molecule has 0 aliphatic carbocycles. The number of hydrogen-bond donors (Lipinski definition) is 1. The topological polar surface area (TPSA) is 89.3 Å². The van der Waals surface area contributed by atoms with Gasteiger partial charge in [0.1, 0.15) is 12.4 Å². The molecule has 0 radical (unpaired) electrons. The molecular weight excluding hydrogens is 354 g/mol. The minimum Gasteiger partial charge on any atom is -0.490 e. The third-order valence-electron chi connectivity index (χ3n) is 3.58. The lowest BCUT2D eigenvalue weighted by Gasteiger charge is -2.13. The number of imidazole rings is 1. The standard InChI is InChI=1S/C17H27N5O3S/c1-14(2)11-22-12-17(19-13-22)26(23,24)20-9-15-5-6-18-10-16(15)25-8-7-21(3)4/h5-6,10,12-14,20H,7-9,11H2,1-4H3. The fraction of sp³-hybridized carbons (Fsp3) is 0.529. The van der Waals surface area contributed by atoms with E-state index in [0.717, 1.165) is 18.7 Å². The molecular formula is C17H27N5O3S. The number of nitrogens with zero attached hydrogens (tertiary/aromatic N) is 4. The van der Waals surface area contributed by atoms with Crippen molar-refractivity contribution in [1.29, 1.82) is 0 Å². The van der Waals surface area contributed by atoms with E-state index in [4.69, 9.17) is 4.74 Å². The minimum atomic E-state index is -3.69. The Morgan fingerprint density at radius 2 is 2.12 bits per heavy atom. The summed E-state index contributed by atoms with van der Waals surface area (Å²) in [7, 11) is 0.227. The molecule has 0 saturated heterocycles. The van der Waals surface area contributed by atoms with Crippen molar-refractivity contribution in [2.45, 2.75) is 32.0 Å². The van der Waals surface area contributed by atoms with E-state index in [1.165, 1.54) is 6.33 Å². The highest BCUT2D eigenvalue weighted by Crippen LogP contribution is 2.17. The normalized spacial score (nSPS) is 12.1. The van der Waals surface area contributed by atoms with Crippen LogP contribution in [0.25, 0.3) is 0 Å². The van der Waals surface area contributed by atoms with Gasteiger partial charge in [0.15, 0.2) is 5.03 Å². The Bertz CT molecular complexity index is 802. The average Bonchev–Trinajstić information content (AvgIpc) is 3.02. The van der Waals surface area contributed by atoms with E-state index in [-0.39, 0.29) is 11.6 Å². The van der Waals surface area contributed by atoms with Gasteiger partial charge in [-0.25, -0.2) is 18.1 Å². The van der Waals surface area contributed by atoms with Crippen molar-refractivity contribution in [2.24, 2.45) is 5.92 Å². The van der Waals surface area contributed by atoms with Crippen molar-refractivity contribution in [2.75, 3.05) is 27.2 Å². The first kappa shape index (κ1) is 20.3. The van der Waals surface area contributed by atoms with E-state index in [1.54, 1.807) is 29.2 Å². The summed E-state index contributed by atoms with van der Waals surface area (Å²) < 4.78 is 35.0. The van der Waals surface area contributed by atoms with Gasteiger partial charge in [0.25, 0.3) is 10.0 Å². The van der Waals surface area contributed by atoms with E-state index >= 15 is 0 Å². The van der Waals surface area contributed by atoms with Crippen molar-refractivity contribution in [3.05, 3.63) is 36.5 Å². The molecule has 0 aliphatic rings. The molecule has 8 nitrogen and oxygen atoms in total. The fourth-order valence-corrected chi connectivity index (χ4v) is 3.22. The Morgan fingerprint density at radius 3 is 2.81 bits per heavy atom. The predicted molar refractivity (Wildman–Crippen MR) is 99.4 cm³/mol. The Morgan fingerprint density at radius 1 is 1.35 bits per heavy atom. The third-order valence-corrected chi connectivity index (χ3v) is 4.87. The monoisotopic (exact) mass is 381 g/mol. The maximum absolute atomic E-state index is 12.5.